The van der Waals surface area contributed by atoms with Crippen LogP contribution in [-0.4, -0.2) is 15.8 Å². The number of carbonyl (C=O) groups excluding carboxylic acids is 1. The summed E-state index contributed by atoms with van der Waals surface area (Å²) in [4.78, 5) is 20.4. The minimum absolute atomic E-state index is 0.195. The van der Waals surface area contributed by atoms with Crippen molar-refractivity contribution in [3.05, 3.63) is 78.3 Å². The van der Waals surface area contributed by atoms with Gasteiger partial charge in [-0.1, -0.05) is 54.6 Å². The van der Waals surface area contributed by atoms with Gasteiger partial charge in [-0.05, 0) is 17.7 Å². The van der Waals surface area contributed by atoms with Gasteiger partial charge in [0.15, 0.2) is 0 Å². The summed E-state index contributed by atoms with van der Waals surface area (Å²) < 4.78 is 0. The monoisotopic (exact) mass is 260 g/mol. The van der Waals surface area contributed by atoms with Gasteiger partial charge in [0, 0.05) is 11.6 Å². The lowest BCUT2D eigenvalue weighted by atomic mass is 10.2. The number of hydrogen-bond donors (Lipinski definition) is 0. The number of nitrogens with zero attached hydrogens (tertiary/aromatic N) is 2. The summed E-state index contributed by atoms with van der Waals surface area (Å²) in [6, 6.07) is 17.3. The van der Waals surface area contributed by atoms with Crippen molar-refractivity contribution in [3.8, 4) is 0 Å². The van der Waals surface area contributed by atoms with E-state index in [4.69, 9.17) is 0 Å². The zero-order valence-electron chi connectivity index (χ0n) is 10.7. The molecule has 96 valence electrons. The highest BCUT2D eigenvalue weighted by molar-refractivity contribution is 6.05. The minimum Gasteiger partial charge on any atom is -0.286 e. The van der Waals surface area contributed by atoms with Crippen LogP contribution in [-0.2, 0) is 0 Å². The van der Waals surface area contributed by atoms with Crippen LogP contribution in [0.15, 0.2) is 66.9 Å². The zero-order valence-corrected chi connectivity index (χ0v) is 10.7. The molecule has 0 unspecified atom stereocenters. The van der Waals surface area contributed by atoms with Crippen LogP contribution in [0.5, 0.6) is 0 Å². The Morgan fingerprint density at radius 1 is 0.950 bits per heavy atom. The number of aromatic nitrogens is 2. The van der Waals surface area contributed by atoms with Crippen molar-refractivity contribution in [2.45, 2.75) is 0 Å². The van der Waals surface area contributed by atoms with Crippen LogP contribution in [0.3, 0.4) is 0 Å². The Morgan fingerprint density at radius 2 is 1.70 bits per heavy atom. The maximum Gasteiger partial charge on any atom is 0.223 e. The van der Waals surface area contributed by atoms with E-state index in [2.05, 4.69) is 9.97 Å². The highest BCUT2D eigenvalue weighted by Crippen LogP contribution is 2.10. The number of benzene rings is 2. The molecule has 1 aromatic heterocycles. The molecule has 3 nitrogen and oxygen atoms in total. The van der Waals surface area contributed by atoms with Crippen LogP contribution in [0.25, 0.3) is 17.0 Å². The van der Waals surface area contributed by atoms with Gasteiger partial charge in [-0.2, -0.15) is 0 Å². The number of allylic oxidation sites excluding steroid dienone is 1. The summed E-state index contributed by atoms with van der Waals surface area (Å²) in [6.45, 7) is 0. The Balaban J connectivity index is 1.87. The Hall–Kier alpha value is -2.81. The topological polar surface area (TPSA) is 42.9 Å². The molecule has 2 aromatic carbocycles. The molecule has 3 rings (SSSR count). The molecule has 0 N–H and O–H groups in total. The summed E-state index contributed by atoms with van der Waals surface area (Å²) in [5.74, 6) is 0.0236. The van der Waals surface area contributed by atoms with E-state index in [1.807, 2.05) is 54.6 Å². The average Bonchev–Trinajstić information content (AvgIpc) is 2.53. The van der Waals surface area contributed by atoms with Gasteiger partial charge in [-0.3, -0.25) is 4.79 Å². The number of carbonyl (C=O) groups is 1. The smallest absolute Gasteiger partial charge is 0.223 e. The quantitative estimate of drug-likeness (QED) is 0.534. The molecule has 0 fully saturated rings. The van der Waals surface area contributed by atoms with Crippen LogP contribution in [0.1, 0.15) is 16.2 Å². The predicted molar refractivity (Wildman–Crippen MR) is 79.3 cm³/mol. The first kappa shape index (κ1) is 12.2. The summed E-state index contributed by atoms with van der Waals surface area (Å²) in [5, 5.41) is 0.927. The van der Waals surface area contributed by atoms with Gasteiger partial charge in [0.2, 0.25) is 11.6 Å². The molecule has 20 heavy (non-hydrogen) atoms. The second-order valence-electron chi connectivity index (χ2n) is 4.36. The Bertz CT molecular complexity index is 779. The molecular weight excluding hydrogens is 248 g/mol. The maximum absolute atomic E-state index is 12.0. The maximum atomic E-state index is 12.0. The molecule has 3 aromatic rings. The standard InChI is InChI=1S/C17H12N2O/c20-16(11-10-13-6-2-1-3-7-13)17-18-12-14-8-4-5-9-15(14)19-17/h1-12H/b11-10+. The Labute approximate surface area is 116 Å². The van der Waals surface area contributed by atoms with Gasteiger partial charge in [0.25, 0.3) is 0 Å². The number of para-hydroxylation sites is 1. The first-order chi connectivity index (χ1) is 9.83. The Kier molecular flexibility index (Phi) is 3.33. The van der Waals surface area contributed by atoms with Crippen molar-refractivity contribution in [1.29, 1.82) is 0 Å². The van der Waals surface area contributed by atoms with Crippen LogP contribution in [0.2, 0.25) is 0 Å². The third kappa shape index (κ3) is 2.62. The van der Waals surface area contributed by atoms with Crippen molar-refractivity contribution in [2.24, 2.45) is 0 Å². The number of fused-ring (bicyclic) bond motifs is 1. The van der Waals surface area contributed by atoms with Crippen LogP contribution in [0, 0.1) is 0 Å². The Morgan fingerprint density at radius 3 is 2.55 bits per heavy atom. The first-order valence-electron chi connectivity index (χ1n) is 6.32. The molecule has 0 aliphatic rings. The van der Waals surface area contributed by atoms with E-state index in [-0.39, 0.29) is 11.6 Å². The number of rotatable bonds is 3. The molecule has 0 bridgehead atoms. The highest BCUT2D eigenvalue weighted by Gasteiger charge is 2.06. The van der Waals surface area contributed by atoms with Crippen LogP contribution >= 0.6 is 0 Å². The third-order valence-corrected chi connectivity index (χ3v) is 2.94. The van der Waals surface area contributed by atoms with Gasteiger partial charge in [-0.15, -0.1) is 0 Å². The van der Waals surface area contributed by atoms with Crippen molar-refractivity contribution in [1.82, 2.24) is 9.97 Å². The van der Waals surface area contributed by atoms with E-state index < -0.39 is 0 Å². The third-order valence-electron chi connectivity index (χ3n) is 2.94. The van der Waals surface area contributed by atoms with E-state index in [0.717, 1.165) is 16.5 Å². The van der Waals surface area contributed by atoms with Crippen LogP contribution in [0.4, 0.5) is 0 Å². The van der Waals surface area contributed by atoms with E-state index in [0.29, 0.717) is 0 Å². The van der Waals surface area contributed by atoms with Gasteiger partial charge >= 0.3 is 0 Å². The number of hydrogen-bond acceptors (Lipinski definition) is 3. The lowest BCUT2D eigenvalue weighted by Gasteiger charge is -1.98. The molecule has 0 saturated heterocycles. The molecule has 0 spiro atoms. The van der Waals surface area contributed by atoms with Gasteiger partial charge in [0.05, 0.1) is 5.52 Å². The molecule has 0 aliphatic heterocycles. The van der Waals surface area contributed by atoms with Crippen molar-refractivity contribution in [2.75, 3.05) is 0 Å². The number of ketones is 1. The summed E-state index contributed by atoms with van der Waals surface area (Å²) in [6.07, 6.45) is 4.94. The van der Waals surface area contributed by atoms with Crippen molar-refractivity contribution < 1.29 is 4.79 Å². The van der Waals surface area contributed by atoms with E-state index in [1.165, 1.54) is 6.08 Å². The second kappa shape index (κ2) is 5.45. The largest absolute Gasteiger partial charge is 0.286 e. The predicted octanol–water partition coefficient (Wildman–Crippen LogP) is 3.53. The average molecular weight is 260 g/mol. The fourth-order valence-electron chi connectivity index (χ4n) is 1.90. The first-order valence-corrected chi connectivity index (χ1v) is 6.32. The van der Waals surface area contributed by atoms with Crippen molar-refractivity contribution >= 4 is 22.8 Å². The molecule has 0 amide bonds. The zero-order chi connectivity index (χ0) is 13.8. The summed E-state index contributed by atoms with van der Waals surface area (Å²) in [5.41, 5.74) is 1.75. The fourth-order valence-corrected chi connectivity index (χ4v) is 1.90. The van der Waals surface area contributed by atoms with E-state index >= 15 is 0 Å². The second-order valence-corrected chi connectivity index (χ2v) is 4.36. The van der Waals surface area contributed by atoms with Gasteiger partial charge in [-0.25, -0.2) is 9.97 Å². The summed E-state index contributed by atoms with van der Waals surface area (Å²) in [7, 11) is 0. The molecule has 0 saturated carbocycles. The fraction of sp³-hybridized carbons (Fsp3) is 0. The van der Waals surface area contributed by atoms with Crippen LogP contribution < -0.4 is 0 Å². The van der Waals surface area contributed by atoms with Gasteiger partial charge in [0.1, 0.15) is 0 Å². The molecule has 1 heterocycles. The molecular formula is C17H12N2O. The minimum atomic E-state index is -0.195. The molecule has 3 heteroatoms. The molecule has 0 aliphatic carbocycles. The summed E-state index contributed by atoms with van der Waals surface area (Å²) >= 11 is 0. The lowest BCUT2D eigenvalue weighted by Crippen LogP contribution is -2.02. The molecule has 0 atom stereocenters. The molecule has 0 radical (unpaired) electrons. The SMILES string of the molecule is O=C(/C=C/c1ccccc1)c1ncc2ccccc2n1. The van der Waals surface area contributed by atoms with Crippen molar-refractivity contribution in [3.63, 3.8) is 0 Å². The highest BCUT2D eigenvalue weighted by atomic mass is 16.1. The van der Waals surface area contributed by atoms with E-state index in [1.54, 1.807) is 12.3 Å². The van der Waals surface area contributed by atoms with E-state index in [9.17, 15) is 4.79 Å². The normalized spacial score (nSPS) is 11.0. The van der Waals surface area contributed by atoms with Gasteiger partial charge < -0.3 is 0 Å². The lowest BCUT2D eigenvalue weighted by molar-refractivity contribution is 0.103.